The molecule has 1 fully saturated rings. The minimum Gasteiger partial charge on any atom is -0.346 e. The van der Waals surface area contributed by atoms with E-state index in [4.69, 9.17) is 4.98 Å². The summed E-state index contributed by atoms with van der Waals surface area (Å²) in [6, 6.07) is 4.28. The Morgan fingerprint density at radius 3 is 2.88 bits per heavy atom. The monoisotopic (exact) mass is 321 g/mol. The zero-order valence-corrected chi connectivity index (χ0v) is 14.0. The minimum absolute atomic E-state index is 0.535. The number of aromatic amines is 1. The summed E-state index contributed by atoms with van der Waals surface area (Å²) >= 11 is 0. The van der Waals surface area contributed by atoms with E-state index in [1.54, 1.807) is 4.68 Å². The van der Waals surface area contributed by atoms with Gasteiger partial charge in [-0.25, -0.2) is 4.98 Å². The molecule has 3 aromatic heterocycles. The molecule has 4 rings (SSSR count). The first-order chi connectivity index (χ1) is 11.5. The first-order valence-corrected chi connectivity index (χ1v) is 8.08. The van der Waals surface area contributed by atoms with Crippen molar-refractivity contribution in [3.05, 3.63) is 29.8 Å². The van der Waals surface area contributed by atoms with E-state index in [9.17, 15) is 5.26 Å². The van der Waals surface area contributed by atoms with Crippen LogP contribution in [0.4, 0.5) is 11.6 Å². The van der Waals surface area contributed by atoms with Crippen LogP contribution in [0.1, 0.15) is 44.0 Å². The molecule has 0 aromatic carbocycles. The summed E-state index contributed by atoms with van der Waals surface area (Å²) < 4.78 is 1.67. The number of rotatable bonds is 4. The van der Waals surface area contributed by atoms with Gasteiger partial charge in [-0.1, -0.05) is 0 Å². The number of aryl methyl sites for hydroxylation is 1. The van der Waals surface area contributed by atoms with E-state index in [0.29, 0.717) is 11.9 Å². The maximum atomic E-state index is 9.28. The second kappa shape index (κ2) is 5.06. The average molecular weight is 321 g/mol. The molecule has 0 saturated heterocycles. The number of fused-ring (bicyclic) bond motifs is 1. The summed E-state index contributed by atoms with van der Waals surface area (Å²) in [5.41, 5.74) is 2.86. The van der Waals surface area contributed by atoms with Gasteiger partial charge >= 0.3 is 0 Å². The molecule has 24 heavy (non-hydrogen) atoms. The van der Waals surface area contributed by atoms with Gasteiger partial charge in [-0.05, 0) is 39.7 Å². The van der Waals surface area contributed by atoms with Gasteiger partial charge in [0.15, 0.2) is 0 Å². The molecule has 122 valence electrons. The second-order valence-corrected chi connectivity index (χ2v) is 6.82. The van der Waals surface area contributed by atoms with Crippen molar-refractivity contribution in [1.82, 2.24) is 24.7 Å². The lowest BCUT2D eigenvalue weighted by Crippen LogP contribution is -2.24. The number of H-pyrrole nitrogens is 1. The van der Waals surface area contributed by atoms with E-state index in [1.165, 1.54) is 12.8 Å². The van der Waals surface area contributed by atoms with Crippen molar-refractivity contribution in [3.63, 3.8) is 0 Å². The summed E-state index contributed by atoms with van der Waals surface area (Å²) in [7, 11) is 0. The van der Waals surface area contributed by atoms with Crippen molar-refractivity contribution in [2.45, 2.75) is 45.1 Å². The third kappa shape index (κ3) is 2.40. The van der Waals surface area contributed by atoms with E-state index in [-0.39, 0.29) is 0 Å². The Labute approximate surface area is 139 Å². The van der Waals surface area contributed by atoms with Gasteiger partial charge in [-0.2, -0.15) is 15.3 Å². The van der Waals surface area contributed by atoms with Crippen molar-refractivity contribution < 1.29 is 0 Å². The molecule has 1 aliphatic carbocycles. The predicted octanol–water partition coefficient (Wildman–Crippen LogP) is 3.34. The largest absolute Gasteiger partial charge is 0.346 e. The number of hydrogen-bond acceptors (Lipinski definition) is 5. The van der Waals surface area contributed by atoms with Gasteiger partial charge in [0.1, 0.15) is 11.2 Å². The van der Waals surface area contributed by atoms with Gasteiger partial charge in [-0.15, -0.1) is 0 Å². The molecule has 3 aromatic rings. The number of anilines is 2. The highest BCUT2D eigenvalue weighted by atomic mass is 15.3. The Morgan fingerprint density at radius 2 is 2.17 bits per heavy atom. The van der Waals surface area contributed by atoms with Crippen LogP contribution in [-0.4, -0.2) is 24.7 Å². The van der Waals surface area contributed by atoms with Crippen LogP contribution in [-0.2, 0) is 5.54 Å². The Morgan fingerprint density at radius 1 is 1.38 bits per heavy atom. The smallest absolute Gasteiger partial charge is 0.229 e. The number of aromatic nitrogens is 5. The molecular formula is C17H19N7. The number of nitrogens with one attached hydrogen (secondary N) is 2. The molecule has 0 amide bonds. The van der Waals surface area contributed by atoms with Crippen LogP contribution in [0.5, 0.6) is 0 Å². The Kier molecular flexibility index (Phi) is 3.10. The van der Waals surface area contributed by atoms with Crippen molar-refractivity contribution in [1.29, 1.82) is 5.26 Å². The topological polar surface area (TPSA) is 95.2 Å². The molecule has 0 spiro atoms. The summed E-state index contributed by atoms with van der Waals surface area (Å²) in [6.07, 6.45) is 6.10. The van der Waals surface area contributed by atoms with Crippen LogP contribution in [0, 0.1) is 18.3 Å². The molecule has 2 N–H and O–H groups in total. The molecule has 1 saturated carbocycles. The highest BCUT2D eigenvalue weighted by Crippen LogP contribution is 2.42. The maximum absolute atomic E-state index is 9.28. The maximum Gasteiger partial charge on any atom is 0.229 e. The fourth-order valence-corrected chi connectivity index (χ4v) is 2.73. The summed E-state index contributed by atoms with van der Waals surface area (Å²) in [5, 5.41) is 18.1. The van der Waals surface area contributed by atoms with Gasteiger partial charge in [0, 0.05) is 17.5 Å². The quantitative estimate of drug-likeness (QED) is 0.768. The van der Waals surface area contributed by atoms with Crippen LogP contribution in [0.25, 0.3) is 11.0 Å². The third-order valence-electron chi connectivity index (χ3n) is 4.40. The van der Waals surface area contributed by atoms with Crippen molar-refractivity contribution in [2.24, 2.45) is 0 Å². The number of hydrogen-bond donors (Lipinski definition) is 2. The summed E-state index contributed by atoms with van der Waals surface area (Å²) in [6.45, 7) is 5.56. The molecule has 0 unspecified atom stereocenters. The van der Waals surface area contributed by atoms with Crippen LogP contribution < -0.4 is 5.32 Å². The van der Waals surface area contributed by atoms with E-state index in [0.717, 1.165) is 28.1 Å². The second-order valence-electron chi connectivity index (χ2n) is 6.82. The molecule has 3 heterocycles. The Hall–Kier alpha value is -2.88. The summed E-state index contributed by atoms with van der Waals surface area (Å²) in [5.74, 6) is 1.09. The van der Waals surface area contributed by atoms with Crippen molar-refractivity contribution in [2.75, 3.05) is 5.32 Å². The van der Waals surface area contributed by atoms with Crippen molar-refractivity contribution in [3.8, 4) is 6.07 Å². The highest BCUT2D eigenvalue weighted by Gasteiger charge is 2.28. The normalized spacial score (nSPS) is 14.8. The highest BCUT2D eigenvalue weighted by molar-refractivity contribution is 5.80. The molecule has 0 radical (unpaired) electrons. The van der Waals surface area contributed by atoms with Crippen molar-refractivity contribution >= 4 is 22.7 Å². The molecule has 7 heteroatoms. The minimum atomic E-state index is -0.700. The molecule has 0 bridgehead atoms. The summed E-state index contributed by atoms with van der Waals surface area (Å²) in [4.78, 5) is 12.4. The van der Waals surface area contributed by atoms with Gasteiger partial charge < -0.3 is 10.3 Å². The first kappa shape index (κ1) is 14.7. The van der Waals surface area contributed by atoms with Crippen LogP contribution >= 0.6 is 0 Å². The fourth-order valence-electron chi connectivity index (χ4n) is 2.73. The average Bonchev–Trinajstić information content (AvgIpc) is 3.18. The van der Waals surface area contributed by atoms with Crippen LogP contribution in [0.3, 0.4) is 0 Å². The Bertz CT molecular complexity index is 953. The molecule has 7 nitrogen and oxygen atoms in total. The zero-order chi connectivity index (χ0) is 16.9. The van der Waals surface area contributed by atoms with E-state index in [1.807, 2.05) is 39.2 Å². The number of nitrogens with zero attached hydrogens (tertiary/aromatic N) is 5. The molecule has 0 aliphatic heterocycles. The van der Waals surface area contributed by atoms with E-state index in [2.05, 4.69) is 26.5 Å². The standard InChI is InChI=1S/C17H19N7/c1-10-13(8-24(23-10)17(2,3)9-18)20-16-21-14(11-4-5-11)12-6-7-19-15(12)22-16/h6-8,11H,4-5H2,1-3H3,(H2,19,20,21,22). The lowest BCUT2D eigenvalue weighted by Gasteiger charge is -2.15. The van der Waals surface area contributed by atoms with Gasteiger partial charge in [0.25, 0.3) is 0 Å². The predicted molar refractivity (Wildman–Crippen MR) is 91.0 cm³/mol. The van der Waals surface area contributed by atoms with Crippen LogP contribution in [0.2, 0.25) is 0 Å². The van der Waals surface area contributed by atoms with Crippen LogP contribution in [0.15, 0.2) is 18.5 Å². The zero-order valence-electron chi connectivity index (χ0n) is 14.0. The lowest BCUT2D eigenvalue weighted by atomic mass is 10.1. The first-order valence-electron chi connectivity index (χ1n) is 8.08. The molecule has 0 atom stereocenters. The Balaban J connectivity index is 1.71. The van der Waals surface area contributed by atoms with Gasteiger partial charge in [0.05, 0.1) is 29.3 Å². The van der Waals surface area contributed by atoms with E-state index < -0.39 is 5.54 Å². The molecular weight excluding hydrogens is 302 g/mol. The molecule has 1 aliphatic rings. The SMILES string of the molecule is Cc1nn(C(C)(C)C#N)cc1Nc1nc(C2CC2)c2cc[nH]c2n1. The van der Waals surface area contributed by atoms with Gasteiger partial charge in [0.2, 0.25) is 5.95 Å². The van der Waals surface area contributed by atoms with Gasteiger partial charge in [-0.3, -0.25) is 4.68 Å². The fraction of sp³-hybridized carbons (Fsp3) is 0.412. The van der Waals surface area contributed by atoms with E-state index >= 15 is 0 Å². The lowest BCUT2D eigenvalue weighted by molar-refractivity contribution is 0.416. The number of nitriles is 1. The third-order valence-corrected chi connectivity index (χ3v) is 4.40.